The van der Waals surface area contributed by atoms with Gasteiger partial charge in [0.2, 0.25) is 5.91 Å². The zero-order valence-electron chi connectivity index (χ0n) is 14.4. The van der Waals surface area contributed by atoms with E-state index in [4.69, 9.17) is 4.42 Å². The molecule has 25 heavy (non-hydrogen) atoms. The van der Waals surface area contributed by atoms with Crippen molar-refractivity contribution in [1.29, 1.82) is 0 Å². The fourth-order valence-corrected chi connectivity index (χ4v) is 4.07. The van der Waals surface area contributed by atoms with E-state index in [1.807, 2.05) is 17.0 Å². The Bertz CT molecular complexity index is 662. The molecule has 0 bridgehead atoms. The predicted octanol–water partition coefficient (Wildman–Crippen LogP) is 2.02. The molecule has 4 heterocycles. The van der Waals surface area contributed by atoms with Crippen molar-refractivity contribution in [2.45, 2.75) is 38.1 Å². The maximum Gasteiger partial charge on any atom is 0.226 e. The van der Waals surface area contributed by atoms with Gasteiger partial charge in [-0.05, 0) is 44.4 Å². The van der Waals surface area contributed by atoms with E-state index in [0.29, 0.717) is 11.8 Å². The molecule has 0 aliphatic carbocycles. The third kappa shape index (κ3) is 3.76. The largest absolute Gasteiger partial charge is 0.468 e. The van der Waals surface area contributed by atoms with Crippen molar-refractivity contribution in [3.05, 3.63) is 36.3 Å². The second kappa shape index (κ2) is 7.39. The normalized spacial score (nSPS) is 23.0. The Morgan fingerprint density at radius 1 is 1.28 bits per heavy atom. The molecule has 134 valence electrons. The van der Waals surface area contributed by atoms with E-state index in [-0.39, 0.29) is 5.92 Å². The highest BCUT2D eigenvalue weighted by atomic mass is 16.3. The number of piperidine rings is 2. The molecule has 7 heteroatoms. The Kier molecular flexibility index (Phi) is 4.83. The summed E-state index contributed by atoms with van der Waals surface area (Å²) in [5.74, 6) is 2.76. The number of nitrogens with zero attached hydrogens (tertiary/aromatic N) is 4. The average molecular weight is 343 g/mol. The van der Waals surface area contributed by atoms with Gasteiger partial charge in [0.05, 0.1) is 18.7 Å². The van der Waals surface area contributed by atoms with Crippen LogP contribution in [0.4, 0.5) is 0 Å². The Morgan fingerprint density at radius 3 is 2.88 bits per heavy atom. The van der Waals surface area contributed by atoms with Crippen molar-refractivity contribution in [1.82, 2.24) is 25.0 Å². The molecular weight excluding hydrogens is 318 g/mol. The maximum absolute atomic E-state index is 12.9. The van der Waals surface area contributed by atoms with Gasteiger partial charge in [-0.25, -0.2) is 4.98 Å². The van der Waals surface area contributed by atoms with Crippen LogP contribution in [-0.4, -0.2) is 57.1 Å². The van der Waals surface area contributed by atoms with Crippen LogP contribution in [0, 0.1) is 5.92 Å². The number of H-pyrrole nitrogens is 1. The number of nitrogens with one attached hydrogen (secondary N) is 1. The van der Waals surface area contributed by atoms with Crippen LogP contribution in [-0.2, 0) is 11.3 Å². The minimum atomic E-state index is 0.116. The molecule has 0 saturated carbocycles. The van der Waals surface area contributed by atoms with E-state index in [1.165, 1.54) is 0 Å². The van der Waals surface area contributed by atoms with Crippen LogP contribution in [0.25, 0.3) is 0 Å². The summed E-state index contributed by atoms with van der Waals surface area (Å²) in [4.78, 5) is 21.6. The number of aromatic nitrogens is 3. The predicted molar refractivity (Wildman–Crippen MR) is 91.6 cm³/mol. The van der Waals surface area contributed by atoms with Crippen molar-refractivity contribution in [3.8, 4) is 0 Å². The van der Waals surface area contributed by atoms with Crippen LogP contribution in [0.2, 0.25) is 0 Å². The topological polar surface area (TPSA) is 78.3 Å². The molecule has 0 spiro atoms. The molecule has 2 fully saturated rings. The van der Waals surface area contributed by atoms with Crippen LogP contribution in [0.5, 0.6) is 0 Å². The first kappa shape index (κ1) is 16.3. The number of rotatable bonds is 4. The van der Waals surface area contributed by atoms with Crippen molar-refractivity contribution >= 4 is 5.91 Å². The lowest BCUT2D eigenvalue weighted by Crippen LogP contribution is -2.46. The van der Waals surface area contributed by atoms with Gasteiger partial charge in [-0.15, -0.1) is 0 Å². The number of carbonyl (C=O) groups excluding carboxylic acids is 1. The maximum atomic E-state index is 12.9. The lowest BCUT2D eigenvalue weighted by Gasteiger charge is -2.37. The molecule has 2 aromatic heterocycles. The molecule has 2 aliphatic heterocycles. The first-order valence-corrected chi connectivity index (χ1v) is 9.18. The Labute approximate surface area is 147 Å². The zero-order valence-corrected chi connectivity index (χ0v) is 14.4. The molecule has 4 rings (SSSR count). The third-order valence-electron chi connectivity index (χ3n) is 5.44. The van der Waals surface area contributed by atoms with Crippen molar-refractivity contribution in [3.63, 3.8) is 0 Å². The Hall–Kier alpha value is -2.15. The molecule has 2 aromatic rings. The van der Waals surface area contributed by atoms with Crippen LogP contribution < -0.4 is 0 Å². The van der Waals surface area contributed by atoms with Gasteiger partial charge in [-0.1, -0.05) is 0 Å². The van der Waals surface area contributed by atoms with Gasteiger partial charge in [-0.2, -0.15) is 5.10 Å². The number of likely N-dealkylation sites (tertiary alicyclic amines) is 2. The third-order valence-corrected chi connectivity index (χ3v) is 5.44. The summed E-state index contributed by atoms with van der Waals surface area (Å²) in [6.45, 7) is 4.31. The van der Waals surface area contributed by atoms with Gasteiger partial charge in [0.1, 0.15) is 17.9 Å². The molecule has 1 amide bonds. The lowest BCUT2D eigenvalue weighted by atomic mass is 9.92. The molecule has 7 nitrogen and oxygen atoms in total. The van der Waals surface area contributed by atoms with Crippen LogP contribution >= 0.6 is 0 Å². The van der Waals surface area contributed by atoms with Crippen LogP contribution in [0.3, 0.4) is 0 Å². The first-order chi connectivity index (χ1) is 12.3. The summed E-state index contributed by atoms with van der Waals surface area (Å²) in [5.41, 5.74) is 0. The molecular formula is C18H25N5O2. The van der Waals surface area contributed by atoms with Gasteiger partial charge in [0.25, 0.3) is 0 Å². The minimum Gasteiger partial charge on any atom is -0.468 e. The second-order valence-corrected chi connectivity index (χ2v) is 7.12. The molecule has 2 saturated heterocycles. The van der Waals surface area contributed by atoms with E-state index in [9.17, 15) is 4.79 Å². The van der Waals surface area contributed by atoms with Crippen LogP contribution in [0.15, 0.2) is 29.1 Å². The lowest BCUT2D eigenvalue weighted by molar-refractivity contribution is -0.138. The highest BCUT2D eigenvalue weighted by Crippen LogP contribution is 2.27. The van der Waals surface area contributed by atoms with E-state index < -0.39 is 0 Å². The second-order valence-electron chi connectivity index (χ2n) is 7.12. The fraction of sp³-hybridized carbons (Fsp3) is 0.611. The summed E-state index contributed by atoms with van der Waals surface area (Å²) in [6.07, 6.45) is 7.26. The standard InChI is InChI=1S/C18H25N5O2/c24-18(23-8-5-14(6-9-23)17-19-13-20-21-17)15-3-1-7-22(11-15)12-16-4-2-10-25-16/h2,4,10,13-15H,1,3,5-9,11-12H2,(H,19,20,21)/t15-/m1/s1. The summed E-state index contributed by atoms with van der Waals surface area (Å²) in [6, 6.07) is 3.92. The average Bonchev–Trinajstić information content (AvgIpc) is 3.35. The monoisotopic (exact) mass is 343 g/mol. The number of carbonyl (C=O) groups is 1. The number of furan rings is 1. The molecule has 1 N–H and O–H groups in total. The van der Waals surface area contributed by atoms with Gasteiger partial charge in [0, 0.05) is 25.6 Å². The fourth-order valence-electron chi connectivity index (χ4n) is 4.07. The SMILES string of the molecule is O=C([C@@H]1CCCN(Cc2ccco2)C1)N1CCC(c2ncn[nH]2)CC1. The highest BCUT2D eigenvalue weighted by Gasteiger charge is 2.32. The quantitative estimate of drug-likeness (QED) is 0.919. The van der Waals surface area contributed by atoms with E-state index in [2.05, 4.69) is 20.1 Å². The summed E-state index contributed by atoms with van der Waals surface area (Å²) < 4.78 is 5.44. The molecule has 0 unspecified atom stereocenters. The summed E-state index contributed by atoms with van der Waals surface area (Å²) >= 11 is 0. The zero-order chi connectivity index (χ0) is 17.1. The van der Waals surface area contributed by atoms with Gasteiger partial charge < -0.3 is 9.32 Å². The summed E-state index contributed by atoms with van der Waals surface area (Å²) in [7, 11) is 0. The van der Waals surface area contributed by atoms with Crippen molar-refractivity contribution in [2.24, 2.45) is 5.92 Å². The number of hydrogen-bond acceptors (Lipinski definition) is 5. The van der Waals surface area contributed by atoms with E-state index >= 15 is 0 Å². The van der Waals surface area contributed by atoms with Crippen molar-refractivity contribution < 1.29 is 9.21 Å². The highest BCUT2D eigenvalue weighted by molar-refractivity contribution is 5.79. The van der Waals surface area contributed by atoms with Gasteiger partial charge in [-0.3, -0.25) is 14.8 Å². The molecule has 1 atom stereocenters. The minimum absolute atomic E-state index is 0.116. The van der Waals surface area contributed by atoms with Crippen molar-refractivity contribution in [2.75, 3.05) is 26.2 Å². The smallest absolute Gasteiger partial charge is 0.226 e. The van der Waals surface area contributed by atoms with E-state index in [0.717, 1.165) is 70.0 Å². The molecule has 0 radical (unpaired) electrons. The van der Waals surface area contributed by atoms with Gasteiger partial charge >= 0.3 is 0 Å². The number of hydrogen-bond donors (Lipinski definition) is 1. The summed E-state index contributed by atoms with van der Waals surface area (Å²) in [5, 5.41) is 6.89. The van der Waals surface area contributed by atoms with E-state index in [1.54, 1.807) is 12.6 Å². The van der Waals surface area contributed by atoms with Crippen LogP contribution in [0.1, 0.15) is 43.2 Å². The Balaban J connectivity index is 1.30. The number of aromatic amines is 1. The Morgan fingerprint density at radius 2 is 2.16 bits per heavy atom. The number of amides is 1. The molecule has 2 aliphatic rings. The van der Waals surface area contributed by atoms with Gasteiger partial charge in [0.15, 0.2) is 0 Å². The molecule has 0 aromatic carbocycles. The first-order valence-electron chi connectivity index (χ1n) is 9.18.